The molecule has 1 rings (SSSR count). The molecule has 0 bridgehead atoms. The second kappa shape index (κ2) is 4.13. The van der Waals surface area contributed by atoms with Crippen molar-refractivity contribution in [3.8, 4) is 0 Å². The molecule has 0 fully saturated rings. The largest absolute Gasteiger partial charge is 0.479 e. The molecule has 6 heteroatoms. The van der Waals surface area contributed by atoms with Crippen LogP contribution in [0.3, 0.4) is 0 Å². The quantitative estimate of drug-likeness (QED) is 0.873. The average Bonchev–Trinajstić information content (AvgIpc) is 2.30. The van der Waals surface area contributed by atoms with Crippen molar-refractivity contribution in [2.45, 2.75) is 11.8 Å². The molecule has 88 valence electrons. The van der Waals surface area contributed by atoms with Gasteiger partial charge in [0.05, 0.1) is 0 Å². The molecule has 0 heterocycles. The molecule has 0 spiro atoms. The molecule has 0 aliphatic rings. The summed E-state index contributed by atoms with van der Waals surface area (Å²) in [5.74, 6) is -1.83. The van der Waals surface area contributed by atoms with Gasteiger partial charge in [0.1, 0.15) is 0 Å². The van der Waals surface area contributed by atoms with Crippen molar-refractivity contribution in [2.75, 3.05) is 7.11 Å². The number of hydrogen-bond donors (Lipinski definition) is 1. The van der Waals surface area contributed by atoms with Crippen LogP contribution >= 0.6 is 0 Å². The lowest BCUT2D eigenvalue weighted by Gasteiger charge is -2.30. The maximum absolute atomic E-state index is 13.0. The molecular formula is C10H9F3O3. The van der Waals surface area contributed by atoms with Crippen LogP contribution < -0.4 is 0 Å². The van der Waals surface area contributed by atoms with Crippen LogP contribution in [-0.4, -0.2) is 24.4 Å². The Kier molecular flexibility index (Phi) is 2.82. The third-order valence-electron chi connectivity index (χ3n) is 2.17. The topological polar surface area (TPSA) is 46.5 Å². The summed E-state index contributed by atoms with van der Waals surface area (Å²) in [5, 5.41) is 3.45. The molecule has 1 atom stereocenters. The average molecular weight is 235 g/mol. The van der Waals surface area contributed by atoms with E-state index in [1.807, 2.05) is 0 Å². The predicted molar refractivity (Wildman–Crippen MR) is 48.8 cm³/mol. The number of carboxylic acid groups (broad SMARTS) is 1. The summed E-state index contributed by atoms with van der Waals surface area (Å²) >= 11 is 0. The van der Waals surface area contributed by atoms with E-state index in [1.54, 1.807) is 0 Å². The molecule has 1 aromatic rings. The summed E-state index contributed by atoms with van der Waals surface area (Å²) < 4.78 is 49.7. The second-order valence-electron chi connectivity index (χ2n) is 3.04. The SMILES string of the molecule is [2H]OC(=O)C(OC)(c1ccccc1)C(F)(F)F. The smallest absolute Gasteiger partial charge is 0.432 e. The molecule has 0 saturated heterocycles. The standard InChI is InChI=1S/C10H9F3O3/c1-16-9(8(14)15,10(11,12)13)7-5-3-2-4-6-7/h2-6H,1H3,(H,14,15)/i/hD. The highest BCUT2D eigenvalue weighted by molar-refractivity contribution is 5.80. The van der Waals surface area contributed by atoms with Gasteiger partial charge < -0.3 is 9.85 Å². The molecule has 3 nitrogen and oxygen atoms in total. The van der Waals surface area contributed by atoms with Crippen molar-refractivity contribution >= 4 is 5.97 Å². The van der Waals surface area contributed by atoms with Gasteiger partial charge in [-0.3, -0.25) is 0 Å². The zero-order valence-corrected chi connectivity index (χ0v) is 8.25. The molecule has 0 aliphatic heterocycles. The van der Waals surface area contributed by atoms with Gasteiger partial charge in [-0.2, -0.15) is 13.2 Å². The van der Waals surface area contributed by atoms with Crippen molar-refractivity contribution in [1.82, 2.24) is 0 Å². The van der Waals surface area contributed by atoms with Gasteiger partial charge >= 0.3 is 12.1 Å². The number of halogens is 3. The molecule has 0 saturated carbocycles. The van der Waals surface area contributed by atoms with Gasteiger partial charge in [0, 0.05) is 12.7 Å². The lowest BCUT2D eigenvalue weighted by Crippen LogP contribution is -2.50. The van der Waals surface area contributed by atoms with E-state index < -0.39 is 23.3 Å². The van der Waals surface area contributed by atoms with Crippen LogP contribution in [-0.2, 0) is 15.1 Å². The van der Waals surface area contributed by atoms with Crippen LogP contribution in [0.25, 0.3) is 1.43 Å². The number of ether oxygens (including phenoxy) is 1. The van der Waals surface area contributed by atoms with Gasteiger partial charge in [0.2, 0.25) is 0 Å². The lowest BCUT2D eigenvalue weighted by molar-refractivity contribution is -0.273. The highest BCUT2D eigenvalue weighted by Gasteiger charge is 2.63. The van der Waals surface area contributed by atoms with Crippen molar-refractivity contribution in [3.63, 3.8) is 0 Å². The fourth-order valence-corrected chi connectivity index (χ4v) is 1.39. The maximum Gasteiger partial charge on any atom is 0.432 e. The van der Waals surface area contributed by atoms with E-state index in [4.69, 9.17) is 1.43 Å². The molecular weight excluding hydrogens is 225 g/mol. The fraction of sp³-hybridized carbons (Fsp3) is 0.300. The molecule has 0 aromatic heterocycles. The minimum absolute atomic E-state index is 0.438. The highest BCUT2D eigenvalue weighted by Crippen LogP contribution is 2.41. The number of rotatable bonds is 3. The molecule has 1 unspecified atom stereocenters. The monoisotopic (exact) mass is 235 g/mol. The number of methoxy groups -OCH3 is 1. The number of carboxylic acids is 1. The first-order valence-corrected chi connectivity index (χ1v) is 4.25. The van der Waals surface area contributed by atoms with Crippen molar-refractivity contribution in [2.24, 2.45) is 0 Å². The summed E-state index contributed by atoms with van der Waals surface area (Å²) in [5.41, 5.74) is -3.71. The first-order valence-electron chi connectivity index (χ1n) is 4.66. The van der Waals surface area contributed by atoms with Crippen LogP contribution in [0.2, 0.25) is 0 Å². The van der Waals surface area contributed by atoms with E-state index in [2.05, 4.69) is 9.85 Å². The summed E-state index contributed by atoms with van der Waals surface area (Å²) in [4.78, 5) is 11.3. The minimum Gasteiger partial charge on any atom is -0.479 e. The summed E-state index contributed by atoms with van der Waals surface area (Å²) in [7, 11) is 0.734. The first kappa shape index (κ1) is 10.9. The normalized spacial score (nSPS) is 16.1. The van der Waals surface area contributed by atoms with Gasteiger partial charge in [-0.25, -0.2) is 4.79 Å². The Morgan fingerprint density at radius 3 is 2.31 bits per heavy atom. The van der Waals surface area contributed by atoms with Gasteiger partial charge in [0.15, 0.2) is 0 Å². The Morgan fingerprint density at radius 2 is 1.94 bits per heavy atom. The number of alkyl halides is 3. The Balaban J connectivity index is 3.43. The van der Waals surface area contributed by atoms with Crippen molar-refractivity contribution in [3.05, 3.63) is 35.9 Å². The fourth-order valence-electron chi connectivity index (χ4n) is 1.39. The van der Waals surface area contributed by atoms with E-state index >= 15 is 0 Å². The number of hydrogen-bond acceptors (Lipinski definition) is 3. The van der Waals surface area contributed by atoms with Crippen molar-refractivity contribution < 1.29 is 27.8 Å². The van der Waals surface area contributed by atoms with Gasteiger partial charge in [-0.05, 0) is 0 Å². The third-order valence-corrected chi connectivity index (χ3v) is 2.17. The van der Waals surface area contributed by atoms with E-state index in [9.17, 15) is 18.0 Å². The Morgan fingerprint density at radius 1 is 1.38 bits per heavy atom. The molecule has 0 amide bonds. The molecule has 0 aliphatic carbocycles. The van der Waals surface area contributed by atoms with Crippen LogP contribution in [0.1, 0.15) is 5.56 Å². The summed E-state index contributed by atoms with van der Waals surface area (Å²) in [6.45, 7) is 0. The maximum atomic E-state index is 13.0. The van der Waals surface area contributed by atoms with E-state index in [0.29, 0.717) is 0 Å². The third kappa shape index (κ3) is 1.76. The molecule has 16 heavy (non-hydrogen) atoms. The highest BCUT2D eigenvalue weighted by atomic mass is 19.4. The van der Waals surface area contributed by atoms with Crippen LogP contribution in [0.5, 0.6) is 0 Å². The molecule has 1 N–H and O–H groups in total. The molecule has 0 radical (unpaired) electrons. The molecule has 1 aromatic carbocycles. The summed E-state index contributed by atoms with van der Waals surface area (Å²) in [6.07, 6.45) is -5.03. The van der Waals surface area contributed by atoms with E-state index in [-0.39, 0.29) is 0 Å². The lowest BCUT2D eigenvalue weighted by atomic mass is 9.93. The first-order chi connectivity index (χ1) is 7.90. The Bertz CT molecular complexity index is 394. The van der Waals surface area contributed by atoms with E-state index in [0.717, 1.165) is 19.2 Å². The van der Waals surface area contributed by atoms with Gasteiger partial charge in [0.25, 0.3) is 7.03 Å². The van der Waals surface area contributed by atoms with Crippen molar-refractivity contribution in [1.29, 1.82) is 1.43 Å². The van der Waals surface area contributed by atoms with Gasteiger partial charge in [-0.15, -0.1) is 0 Å². The number of carbonyl (C=O) groups is 1. The van der Waals surface area contributed by atoms with Crippen LogP contribution in [0.15, 0.2) is 30.3 Å². The van der Waals surface area contributed by atoms with Crippen LogP contribution in [0.4, 0.5) is 13.2 Å². The zero-order chi connectivity index (χ0) is 13.1. The second-order valence-corrected chi connectivity index (χ2v) is 3.04. The summed E-state index contributed by atoms with van der Waals surface area (Å²) in [6, 6.07) is 6.30. The Labute approximate surface area is 90.9 Å². The van der Waals surface area contributed by atoms with Crippen LogP contribution in [0, 0.1) is 0 Å². The predicted octanol–water partition coefficient (Wildman–Crippen LogP) is 2.18. The number of benzene rings is 1. The zero-order valence-electron chi connectivity index (χ0n) is 9.25. The van der Waals surface area contributed by atoms with Gasteiger partial charge in [-0.1, -0.05) is 30.3 Å². The minimum atomic E-state index is -5.03. The number of aliphatic carboxylic acids is 1. The Hall–Kier alpha value is -1.56. The van der Waals surface area contributed by atoms with E-state index in [1.165, 1.54) is 18.2 Å².